The summed E-state index contributed by atoms with van der Waals surface area (Å²) in [5.74, 6) is 0.452. The number of carbonyl (C=O) groups excluding carboxylic acids is 2. The van der Waals surface area contributed by atoms with Crippen molar-refractivity contribution in [1.82, 2.24) is 5.32 Å². The summed E-state index contributed by atoms with van der Waals surface area (Å²) in [5, 5.41) is 5.80. The summed E-state index contributed by atoms with van der Waals surface area (Å²) in [6, 6.07) is 22.1. The number of ether oxygens (including phenoxy) is 1. The number of carbonyl (C=O) groups is 2. The molecule has 3 aromatic rings. The smallest absolute Gasteiger partial charge is 0.255 e. The van der Waals surface area contributed by atoms with Gasteiger partial charge in [-0.1, -0.05) is 45.0 Å². The minimum atomic E-state index is -0.191. The summed E-state index contributed by atoms with van der Waals surface area (Å²) in [6.45, 7) is 9.34. The van der Waals surface area contributed by atoms with Gasteiger partial charge in [-0.25, -0.2) is 0 Å². The van der Waals surface area contributed by atoms with Gasteiger partial charge in [0.15, 0.2) is 0 Å². The molecule has 0 aliphatic carbocycles. The van der Waals surface area contributed by atoms with E-state index in [1.165, 1.54) is 5.56 Å². The molecular weight excluding hydrogens is 400 g/mol. The number of hydrogen-bond donors (Lipinski definition) is 2. The molecule has 0 aromatic heterocycles. The Labute approximate surface area is 189 Å². The summed E-state index contributed by atoms with van der Waals surface area (Å²) in [5.41, 5.74) is 4.04. The molecule has 0 fully saturated rings. The molecule has 0 aliphatic heterocycles. The van der Waals surface area contributed by atoms with Crippen LogP contribution in [0.4, 0.5) is 5.69 Å². The first-order valence-corrected chi connectivity index (χ1v) is 10.8. The average molecular weight is 431 g/mol. The van der Waals surface area contributed by atoms with Gasteiger partial charge in [-0.15, -0.1) is 0 Å². The van der Waals surface area contributed by atoms with Gasteiger partial charge in [0.05, 0.1) is 6.61 Å². The van der Waals surface area contributed by atoms with Crippen LogP contribution in [0.15, 0.2) is 72.8 Å². The Hall–Kier alpha value is -3.60. The zero-order valence-corrected chi connectivity index (χ0v) is 19.1. The maximum atomic E-state index is 12.5. The van der Waals surface area contributed by atoms with Crippen LogP contribution < -0.4 is 15.4 Å². The highest BCUT2D eigenvalue weighted by atomic mass is 16.5. The molecular formula is C27H30N2O3. The largest absolute Gasteiger partial charge is 0.494 e. The van der Waals surface area contributed by atoms with E-state index in [9.17, 15) is 9.59 Å². The quantitative estimate of drug-likeness (QED) is 0.515. The highest BCUT2D eigenvalue weighted by Gasteiger charge is 2.14. The van der Waals surface area contributed by atoms with Gasteiger partial charge in [0, 0.05) is 23.4 Å². The summed E-state index contributed by atoms with van der Waals surface area (Å²) in [4.78, 5) is 24.9. The predicted molar refractivity (Wildman–Crippen MR) is 128 cm³/mol. The maximum Gasteiger partial charge on any atom is 0.255 e. The van der Waals surface area contributed by atoms with Crippen molar-refractivity contribution in [2.24, 2.45) is 0 Å². The van der Waals surface area contributed by atoms with E-state index in [0.29, 0.717) is 30.0 Å². The molecule has 0 spiro atoms. The first-order valence-electron chi connectivity index (χ1n) is 10.8. The van der Waals surface area contributed by atoms with Gasteiger partial charge >= 0.3 is 0 Å². The second-order valence-corrected chi connectivity index (χ2v) is 8.62. The van der Waals surface area contributed by atoms with Crippen molar-refractivity contribution in [1.29, 1.82) is 0 Å². The third kappa shape index (κ3) is 6.20. The highest BCUT2D eigenvalue weighted by molar-refractivity contribution is 6.04. The van der Waals surface area contributed by atoms with E-state index in [-0.39, 0.29) is 17.2 Å². The van der Waals surface area contributed by atoms with Crippen molar-refractivity contribution in [3.8, 4) is 5.75 Å². The van der Waals surface area contributed by atoms with Gasteiger partial charge in [0.1, 0.15) is 5.75 Å². The highest BCUT2D eigenvalue weighted by Crippen LogP contribution is 2.22. The maximum absolute atomic E-state index is 12.5. The topological polar surface area (TPSA) is 67.4 Å². The molecule has 3 rings (SSSR count). The van der Waals surface area contributed by atoms with Crippen LogP contribution >= 0.6 is 0 Å². The van der Waals surface area contributed by atoms with Crippen molar-refractivity contribution in [3.63, 3.8) is 0 Å². The molecule has 166 valence electrons. The standard InChI is InChI=1S/C27H30N2O3/c1-5-32-24-16-14-23(15-17-24)29-26(31)21-8-6-19(7-9-21)18-28-25(30)20-10-12-22(13-11-20)27(2,3)4/h6-17H,5,18H2,1-4H3,(H,28,30)(H,29,31). The monoisotopic (exact) mass is 430 g/mol. The molecule has 0 unspecified atom stereocenters. The van der Waals surface area contributed by atoms with Crippen molar-refractivity contribution in [3.05, 3.63) is 95.1 Å². The average Bonchev–Trinajstić information content (AvgIpc) is 2.79. The van der Waals surface area contributed by atoms with Gasteiger partial charge in [0.25, 0.3) is 11.8 Å². The van der Waals surface area contributed by atoms with Gasteiger partial charge in [-0.3, -0.25) is 9.59 Å². The molecule has 32 heavy (non-hydrogen) atoms. The molecule has 0 heterocycles. The normalized spacial score (nSPS) is 11.0. The Balaban J connectivity index is 1.53. The molecule has 0 aliphatic rings. The molecule has 5 heteroatoms. The van der Waals surface area contributed by atoms with E-state index in [1.54, 1.807) is 24.3 Å². The zero-order chi connectivity index (χ0) is 23.1. The summed E-state index contributed by atoms with van der Waals surface area (Å²) in [7, 11) is 0. The lowest BCUT2D eigenvalue weighted by Gasteiger charge is -2.19. The predicted octanol–water partition coefficient (Wildman–Crippen LogP) is 5.57. The Bertz CT molecular complexity index is 1050. The number of benzene rings is 3. The van der Waals surface area contributed by atoms with E-state index in [1.807, 2.05) is 55.5 Å². The molecule has 3 aromatic carbocycles. The molecule has 0 saturated heterocycles. The summed E-state index contributed by atoms with van der Waals surface area (Å²) in [6.07, 6.45) is 0. The minimum Gasteiger partial charge on any atom is -0.494 e. The molecule has 0 radical (unpaired) electrons. The van der Waals surface area contributed by atoms with Crippen molar-refractivity contribution < 1.29 is 14.3 Å². The van der Waals surface area contributed by atoms with Gasteiger partial charge in [-0.05, 0) is 72.0 Å². The first kappa shape index (κ1) is 23.1. The molecule has 0 atom stereocenters. The lowest BCUT2D eigenvalue weighted by atomic mass is 9.87. The van der Waals surface area contributed by atoms with Crippen LogP contribution in [0.1, 0.15) is 59.5 Å². The molecule has 5 nitrogen and oxygen atoms in total. The van der Waals surface area contributed by atoms with Gasteiger partial charge in [0.2, 0.25) is 0 Å². The summed E-state index contributed by atoms with van der Waals surface area (Å²) < 4.78 is 5.41. The van der Waals surface area contributed by atoms with Crippen LogP contribution in [0.2, 0.25) is 0 Å². The Morgan fingerprint density at radius 1 is 0.781 bits per heavy atom. The van der Waals surface area contributed by atoms with Crippen LogP contribution in [0.25, 0.3) is 0 Å². The zero-order valence-electron chi connectivity index (χ0n) is 19.1. The molecule has 2 amide bonds. The van der Waals surface area contributed by atoms with E-state index in [4.69, 9.17) is 4.74 Å². The fourth-order valence-corrected chi connectivity index (χ4v) is 3.18. The van der Waals surface area contributed by atoms with Crippen LogP contribution in [0, 0.1) is 0 Å². The van der Waals surface area contributed by atoms with Gasteiger partial charge < -0.3 is 15.4 Å². The summed E-state index contributed by atoms with van der Waals surface area (Å²) >= 11 is 0. The fraction of sp³-hybridized carbons (Fsp3) is 0.259. The number of nitrogens with one attached hydrogen (secondary N) is 2. The van der Waals surface area contributed by atoms with E-state index in [0.717, 1.165) is 11.3 Å². The van der Waals surface area contributed by atoms with E-state index < -0.39 is 0 Å². The lowest BCUT2D eigenvalue weighted by Crippen LogP contribution is -2.23. The van der Waals surface area contributed by atoms with E-state index >= 15 is 0 Å². The lowest BCUT2D eigenvalue weighted by molar-refractivity contribution is 0.0949. The van der Waals surface area contributed by atoms with Crippen LogP contribution in [0.5, 0.6) is 5.75 Å². The second-order valence-electron chi connectivity index (χ2n) is 8.62. The third-order valence-electron chi connectivity index (χ3n) is 5.11. The second kappa shape index (κ2) is 10.1. The third-order valence-corrected chi connectivity index (χ3v) is 5.11. The van der Waals surface area contributed by atoms with Crippen LogP contribution in [0.3, 0.4) is 0 Å². The van der Waals surface area contributed by atoms with Gasteiger partial charge in [-0.2, -0.15) is 0 Å². The number of amides is 2. The van der Waals surface area contributed by atoms with Crippen molar-refractivity contribution in [2.75, 3.05) is 11.9 Å². The number of hydrogen-bond acceptors (Lipinski definition) is 3. The Kier molecular flexibility index (Phi) is 7.31. The van der Waals surface area contributed by atoms with Crippen molar-refractivity contribution in [2.45, 2.75) is 39.7 Å². The minimum absolute atomic E-state index is 0.0516. The fourth-order valence-electron chi connectivity index (χ4n) is 3.18. The van der Waals surface area contributed by atoms with Crippen LogP contribution in [-0.4, -0.2) is 18.4 Å². The van der Waals surface area contributed by atoms with E-state index in [2.05, 4.69) is 31.4 Å². The van der Waals surface area contributed by atoms with Crippen molar-refractivity contribution >= 4 is 17.5 Å². The first-order chi connectivity index (χ1) is 15.3. The Morgan fingerprint density at radius 3 is 1.91 bits per heavy atom. The number of rotatable bonds is 7. The SMILES string of the molecule is CCOc1ccc(NC(=O)c2ccc(CNC(=O)c3ccc(C(C)(C)C)cc3)cc2)cc1. The van der Waals surface area contributed by atoms with Crippen LogP contribution in [-0.2, 0) is 12.0 Å². The molecule has 0 saturated carbocycles. The molecule has 0 bridgehead atoms. The molecule has 2 N–H and O–H groups in total. The Morgan fingerprint density at radius 2 is 1.34 bits per heavy atom. The number of anilines is 1.